The van der Waals surface area contributed by atoms with E-state index in [1.165, 1.54) is 64.8 Å². The quantitative estimate of drug-likeness (QED) is 0.0329. The van der Waals surface area contributed by atoms with Crippen molar-refractivity contribution in [3.63, 3.8) is 0 Å². The molecule has 0 aliphatic heterocycles. The number of halogens is 11. The summed E-state index contributed by atoms with van der Waals surface area (Å²) in [5.41, 5.74) is 12.7. The molecule has 0 spiro atoms. The Kier molecular flexibility index (Phi) is 35.2. The number of alkyl halides is 1. The van der Waals surface area contributed by atoms with E-state index in [1.54, 1.807) is 95.3 Å². The van der Waals surface area contributed by atoms with Crippen LogP contribution in [0.3, 0.4) is 0 Å². The first kappa shape index (κ1) is 106. The maximum Gasteiger partial charge on any atom is 0.367 e. The lowest BCUT2D eigenvalue weighted by atomic mass is 9.72. The molecular weight excluding hydrogens is 2300 g/mol. The fourth-order valence-corrected chi connectivity index (χ4v) is 24.0. The van der Waals surface area contributed by atoms with Gasteiger partial charge in [0.05, 0.1) is 99.9 Å². The molecule has 0 bridgehead atoms. The second kappa shape index (κ2) is 48.0. The van der Waals surface area contributed by atoms with Crippen molar-refractivity contribution < 1.29 is 37.1 Å². The highest BCUT2D eigenvalue weighted by molar-refractivity contribution is 9.11. The summed E-state index contributed by atoms with van der Waals surface area (Å²) in [5, 5.41) is 49.9. The zero-order valence-electron chi connectivity index (χ0n) is 79.5. The van der Waals surface area contributed by atoms with Gasteiger partial charge in [-0.15, -0.1) is 0 Å². The summed E-state index contributed by atoms with van der Waals surface area (Å²) >= 11 is 23.4. The molecule has 17 aromatic rings. The third kappa shape index (κ3) is 25.0. The number of aromatic amines is 2. The van der Waals surface area contributed by atoms with Gasteiger partial charge in [-0.1, -0.05) is 103 Å². The lowest BCUT2D eigenvalue weighted by molar-refractivity contribution is -0.390. The number of aromatic nitrogens is 11. The molecule has 23 nitrogen and oxygen atoms in total. The van der Waals surface area contributed by atoms with E-state index in [0.717, 1.165) is 224 Å². The molecule has 4 aliphatic rings. The van der Waals surface area contributed by atoms with Crippen molar-refractivity contribution in [2.24, 2.45) is 29.6 Å². The van der Waals surface area contributed by atoms with Gasteiger partial charge in [0.1, 0.15) is 23.3 Å². The van der Waals surface area contributed by atoms with Crippen LogP contribution in [0.15, 0.2) is 268 Å². The molecule has 2 N–H and O–H groups in total. The minimum Gasteiger partial charge on any atom is -0.481 e. The van der Waals surface area contributed by atoms with Gasteiger partial charge in [0, 0.05) is 97.8 Å². The zero-order chi connectivity index (χ0) is 102. The number of aryl methyl sites for hydroxylation is 1. The highest BCUT2D eigenvalue weighted by atomic mass is 79.9. The Morgan fingerprint density at radius 2 is 0.736 bits per heavy atom. The van der Waals surface area contributed by atoms with E-state index in [-0.39, 0.29) is 74.6 Å². The lowest BCUT2D eigenvalue weighted by Gasteiger charge is -2.33. The number of fused-ring (bicyclic) bond motifs is 7. The summed E-state index contributed by atoms with van der Waals surface area (Å²) in [4.78, 5) is 77.6. The van der Waals surface area contributed by atoms with Crippen LogP contribution in [0.25, 0.3) is 76.3 Å². The molecule has 21 rings (SSSR count). The fourth-order valence-electron chi connectivity index (χ4n) is 21.5. The topological polar surface area (TPSA) is 296 Å². The predicted octanol–water partition coefficient (Wildman–Crippen LogP) is 32.3. The van der Waals surface area contributed by atoms with Gasteiger partial charge in [0.15, 0.2) is 6.20 Å². The lowest BCUT2D eigenvalue weighted by Crippen LogP contribution is -2.28. The maximum atomic E-state index is 13.9. The number of pyridine rings is 5. The number of benzene rings is 9. The number of rotatable bonds is 19. The van der Waals surface area contributed by atoms with Crippen molar-refractivity contribution >= 4 is 205 Å². The molecular formula is C110H105Br7F4N14O9. The number of nitro groups is 3. The average Bonchev–Trinajstić information content (AvgIpc) is 1.60. The maximum absolute atomic E-state index is 13.9. The van der Waals surface area contributed by atoms with E-state index in [0.29, 0.717) is 70.6 Å². The highest BCUT2D eigenvalue weighted by Crippen LogP contribution is 2.49. The molecule has 0 saturated heterocycles. The summed E-state index contributed by atoms with van der Waals surface area (Å²) in [6, 6.07) is 58.6. The molecule has 4 aliphatic carbocycles. The predicted molar refractivity (Wildman–Crippen MR) is 585 cm³/mol. The van der Waals surface area contributed by atoms with Crippen LogP contribution in [0.5, 0.6) is 5.88 Å². The van der Waals surface area contributed by atoms with E-state index in [4.69, 9.17) is 9.84 Å². The monoisotopic (exact) mass is 2390 g/mol. The summed E-state index contributed by atoms with van der Waals surface area (Å²) in [5.74, 6) is 4.04. The SMILES string of the molecule is COc1c2cc(Br)ccc2nn1[C@H](C)C1CCC(c2ccnc3ccc(F)cc23)CC1.C[C@@H](CCc1cc(Br)ccc1[N+](=O)[O-])C1CCC(c2ccnc3ccc(F)cc23)CC1.C[C@H](C1CCC(c2ccnc3ccc(F)cc23)CC1)n1[nH]c2ccc(Br)cc2c1=O.C[C@H](C1CCC(c2ccnc3ccc(F)cc23)CC1)n1[nH]c2ccc(Br)cc2c1=O.O=[N+]([O-])c1ccc(Br)cc1.O=[N+]([O-])c1ncc(Br)cc1CBr. The molecule has 4 atom stereocenters. The van der Waals surface area contributed by atoms with E-state index in [1.807, 2.05) is 97.6 Å². The van der Waals surface area contributed by atoms with Crippen molar-refractivity contribution in [2.45, 2.75) is 190 Å². The van der Waals surface area contributed by atoms with Gasteiger partial charge >= 0.3 is 5.82 Å². The van der Waals surface area contributed by atoms with Crippen molar-refractivity contribution in [3.8, 4) is 5.88 Å². The molecule has 0 amide bonds. The van der Waals surface area contributed by atoms with E-state index in [9.17, 15) is 57.5 Å². The first-order chi connectivity index (χ1) is 69.3. The molecule has 0 radical (unpaired) electrons. The van der Waals surface area contributed by atoms with Gasteiger partial charge in [-0.2, -0.15) is 5.10 Å². The smallest absolute Gasteiger partial charge is 0.367 e. The van der Waals surface area contributed by atoms with Crippen molar-refractivity contribution in [1.82, 2.24) is 54.3 Å². The number of ether oxygens (including phenoxy) is 1. The fraction of sp³-hybridized carbons (Fsp3) is 0.327. The first-order valence-corrected chi connectivity index (χ1v) is 54.1. The van der Waals surface area contributed by atoms with Crippen LogP contribution in [-0.2, 0) is 11.8 Å². The second-order valence-electron chi connectivity index (χ2n) is 37.8. The second-order valence-corrected chi connectivity index (χ2v) is 43.8. The van der Waals surface area contributed by atoms with Gasteiger partial charge in [-0.05, 0) is 420 Å². The highest BCUT2D eigenvalue weighted by Gasteiger charge is 2.35. The van der Waals surface area contributed by atoms with Crippen LogP contribution < -0.4 is 15.9 Å². The molecule has 746 valence electrons. The Labute approximate surface area is 887 Å². The molecule has 144 heavy (non-hydrogen) atoms. The Morgan fingerprint density at radius 1 is 0.382 bits per heavy atom. The van der Waals surface area contributed by atoms with Crippen molar-refractivity contribution in [3.05, 3.63) is 366 Å². The number of methoxy groups -OCH3 is 1. The summed E-state index contributed by atoms with van der Waals surface area (Å²) in [7, 11) is 1.71. The molecule has 8 heterocycles. The van der Waals surface area contributed by atoms with Crippen LogP contribution in [0.1, 0.15) is 212 Å². The van der Waals surface area contributed by atoms with Crippen LogP contribution in [0.4, 0.5) is 34.8 Å². The van der Waals surface area contributed by atoms with Gasteiger partial charge in [0.25, 0.3) is 22.5 Å². The molecule has 0 unspecified atom stereocenters. The van der Waals surface area contributed by atoms with Crippen LogP contribution in [0.2, 0.25) is 0 Å². The number of nitrogens with one attached hydrogen (secondary N) is 2. The number of H-pyrrole nitrogens is 2. The Hall–Kier alpha value is -11.1. The molecule has 34 heteroatoms. The third-order valence-corrected chi connectivity index (χ3v) is 32.9. The van der Waals surface area contributed by atoms with Crippen LogP contribution in [-0.4, -0.2) is 76.1 Å². The van der Waals surface area contributed by atoms with Gasteiger partial charge in [0.2, 0.25) is 5.88 Å². The number of nitro benzene ring substituents is 2. The standard InChI is InChI=1S/C25H25BrFN3O.C25H26BrFN2O2.2C24H23BrFN3O.C6H4Br2N2O2.C6H4BrNO2/c1-15(30-25(31-2)22-13-18(26)7-9-24(22)29-30)16-3-5-17(6-4-16)20-11-12-28-23-10-8-19(27)14-21(20)23;1-16(2-3-19-14-20(26)8-11-25(19)29(30)31)17-4-6-18(7-5-17)22-12-13-28-24-10-9-21(27)15-23(22)24;2*1-14(29-24(30)21-12-17(25)6-8-23(21)28-29)15-2-4-16(5-3-15)19-10-11-27-22-9-7-18(26)13-20(19)22;7-2-4-1-5(8)3-9-6(4)10(11)12;7-5-1-3-6(4-2-5)8(9)10/h7-17H,3-6H2,1-2H3;8-18H,2-7H2,1H3;2*6-16,28H,2-5H2,1H3;1,3H,2H2;1-4H/t15-,16?,17?;16-,17?,18?;2*14-,15?,16?;;/m1011../s1. The van der Waals surface area contributed by atoms with Gasteiger partial charge in [-0.3, -0.25) is 60.0 Å². The Morgan fingerprint density at radius 3 is 1.12 bits per heavy atom. The Balaban J connectivity index is 0.000000128. The van der Waals surface area contributed by atoms with E-state index < -0.39 is 9.85 Å². The largest absolute Gasteiger partial charge is 0.481 e. The van der Waals surface area contributed by atoms with Gasteiger partial charge in [-0.25, -0.2) is 31.6 Å². The van der Waals surface area contributed by atoms with Gasteiger partial charge < -0.3 is 14.9 Å². The minimum absolute atomic E-state index is 0.0385. The minimum atomic E-state index is -0.497. The first-order valence-electron chi connectivity index (χ1n) is 48.2. The van der Waals surface area contributed by atoms with Crippen molar-refractivity contribution in [1.29, 1.82) is 0 Å². The Bertz CT molecular complexity index is 7450. The van der Waals surface area contributed by atoms with Crippen LogP contribution >= 0.6 is 112 Å². The number of nitrogens with zero attached hydrogens (tertiary/aromatic N) is 12. The molecule has 8 aromatic heterocycles. The van der Waals surface area contributed by atoms with E-state index in [2.05, 4.69) is 191 Å². The summed E-state index contributed by atoms with van der Waals surface area (Å²) in [6.45, 7) is 8.78. The summed E-state index contributed by atoms with van der Waals surface area (Å²) in [6.07, 6.45) is 27.5. The normalized spacial score (nSPS) is 18.7. The summed E-state index contributed by atoms with van der Waals surface area (Å²) < 4.78 is 72.0. The molecule has 4 saturated carbocycles. The van der Waals surface area contributed by atoms with Crippen molar-refractivity contribution in [2.75, 3.05) is 7.11 Å². The number of hydrogen-bond acceptors (Lipinski definition) is 15. The van der Waals surface area contributed by atoms with Crippen LogP contribution in [0, 0.1) is 83.2 Å². The third-order valence-electron chi connectivity index (χ3n) is 29.4. The number of non-ortho nitro benzene ring substituents is 1. The number of hydrogen-bond donors (Lipinski definition) is 2. The molecule has 9 aromatic carbocycles. The zero-order valence-corrected chi connectivity index (χ0v) is 90.6. The molecule has 4 fully saturated rings. The van der Waals surface area contributed by atoms with E-state index >= 15 is 0 Å². The average molecular weight is 2400 g/mol.